The van der Waals surface area contributed by atoms with Crippen molar-refractivity contribution in [3.05, 3.63) is 65.2 Å². The lowest BCUT2D eigenvalue weighted by molar-refractivity contribution is -0.141. The molecular formula is C15H9ClF3N5O. The zero-order chi connectivity index (χ0) is 18.0. The van der Waals surface area contributed by atoms with E-state index in [2.05, 4.69) is 20.4 Å². The summed E-state index contributed by atoms with van der Waals surface area (Å²) < 4.78 is 39.8. The molecule has 0 fully saturated rings. The van der Waals surface area contributed by atoms with Gasteiger partial charge in [-0.1, -0.05) is 17.7 Å². The molecule has 0 saturated heterocycles. The first kappa shape index (κ1) is 16.9. The summed E-state index contributed by atoms with van der Waals surface area (Å²) >= 11 is 5.97. The van der Waals surface area contributed by atoms with Gasteiger partial charge >= 0.3 is 6.18 Å². The number of hydrogen-bond acceptors (Lipinski definition) is 4. The van der Waals surface area contributed by atoms with Crippen LogP contribution in [0.4, 0.5) is 19.0 Å². The molecule has 3 aromatic rings. The van der Waals surface area contributed by atoms with Crippen LogP contribution in [0.2, 0.25) is 5.02 Å². The predicted octanol–water partition coefficient (Wildman–Crippen LogP) is 3.59. The Morgan fingerprint density at radius 2 is 1.88 bits per heavy atom. The Morgan fingerprint density at radius 3 is 2.52 bits per heavy atom. The Labute approximate surface area is 144 Å². The molecular weight excluding hydrogens is 359 g/mol. The van der Waals surface area contributed by atoms with E-state index in [-0.39, 0.29) is 22.4 Å². The van der Waals surface area contributed by atoms with Gasteiger partial charge in [-0.3, -0.25) is 4.79 Å². The number of hydrogen-bond donors (Lipinski definition) is 1. The van der Waals surface area contributed by atoms with Crippen molar-refractivity contribution < 1.29 is 18.0 Å². The van der Waals surface area contributed by atoms with E-state index in [1.165, 1.54) is 30.6 Å². The van der Waals surface area contributed by atoms with Gasteiger partial charge in [0, 0.05) is 18.5 Å². The van der Waals surface area contributed by atoms with Gasteiger partial charge in [0.05, 0.1) is 5.02 Å². The molecule has 0 bridgehead atoms. The Kier molecular flexibility index (Phi) is 4.41. The topological polar surface area (TPSA) is 72.7 Å². The summed E-state index contributed by atoms with van der Waals surface area (Å²) in [5, 5.41) is 5.89. The van der Waals surface area contributed by atoms with Crippen molar-refractivity contribution in [3.8, 4) is 5.82 Å². The molecule has 25 heavy (non-hydrogen) atoms. The maximum Gasteiger partial charge on any atom is 0.435 e. The fourth-order valence-corrected chi connectivity index (χ4v) is 2.19. The molecule has 1 amide bonds. The standard InChI is InChI=1S/C15H9ClF3N5O/c16-9-4-3-7-21-13(9)24-10(8-11(23-24)15(17,18)19)14(25)22-12-5-1-2-6-20-12/h1-8H,(H,20,22,25). The molecule has 3 aromatic heterocycles. The van der Waals surface area contributed by atoms with Crippen LogP contribution < -0.4 is 5.32 Å². The molecule has 0 aromatic carbocycles. The number of carbonyl (C=O) groups excluding carboxylic acids is 1. The van der Waals surface area contributed by atoms with Crippen LogP contribution in [0.1, 0.15) is 16.2 Å². The number of carbonyl (C=O) groups is 1. The van der Waals surface area contributed by atoms with Crippen LogP contribution in [-0.2, 0) is 6.18 Å². The molecule has 3 heterocycles. The van der Waals surface area contributed by atoms with Gasteiger partial charge in [0.15, 0.2) is 11.5 Å². The summed E-state index contributed by atoms with van der Waals surface area (Å²) in [6, 6.07) is 8.32. The molecule has 1 N–H and O–H groups in total. The van der Waals surface area contributed by atoms with Gasteiger partial charge in [-0.15, -0.1) is 0 Å². The lowest BCUT2D eigenvalue weighted by Gasteiger charge is -2.08. The molecule has 10 heteroatoms. The molecule has 128 valence electrons. The summed E-state index contributed by atoms with van der Waals surface area (Å²) in [6.45, 7) is 0. The summed E-state index contributed by atoms with van der Waals surface area (Å²) in [7, 11) is 0. The molecule has 0 atom stereocenters. The van der Waals surface area contributed by atoms with Gasteiger partial charge in [-0.2, -0.15) is 18.3 Å². The van der Waals surface area contributed by atoms with Crippen LogP contribution in [0, 0.1) is 0 Å². The van der Waals surface area contributed by atoms with E-state index < -0.39 is 17.8 Å². The minimum absolute atomic E-state index is 0.0474. The van der Waals surface area contributed by atoms with Gasteiger partial charge in [0.25, 0.3) is 5.91 Å². The normalized spacial score (nSPS) is 11.4. The summed E-state index contributed by atoms with van der Waals surface area (Å²) in [6.07, 6.45) is -1.97. The third-order valence-electron chi connectivity index (χ3n) is 3.08. The number of anilines is 1. The number of amides is 1. The molecule has 0 aliphatic rings. The lowest BCUT2D eigenvalue weighted by atomic mass is 10.3. The van der Waals surface area contributed by atoms with Crippen molar-refractivity contribution in [2.24, 2.45) is 0 Å². The molecule has 3 rings (SSSR count). The molecule has 0 unspecified atom stereocenters. The van der Waals surface area contributed by atoms with E-state index in [1.807, 2.05) is 0 Å². The maximum absolute atomic E-state index is 13.0. The highest BCUT2D eigenvalue weighted by Crippen LogP contribution is 2.30. The zero-order valence-electron chi connectivity index (χ0n) is 12.3. The predicted molar refractivity (Wildman–Crippen MR) is 83.6 cm³/mol. The summed E-state index contributed by atoms with van der Waals surface area (Å²) in [4.78, 5) is 20.2. The highest BCUT2D eigenvalue weighted by Gasteiger charge is 2.36. The molecule has 0 aliphatic heterocycles. The van der Waals surface area contributed by atoms with Crippen molar-refractivity contribution in [3.63, 3.8) is 0 Å². The highest BCUT2D eigenvalue weighted by atomic mass is 35.5. The second kappa shape index (κ2) is 6.52. The van der Waals surface area contributed by atoms with Crippen LogP contribution in [0.25, 0.3) is 5.82 Å². The van der Waals surface area contributed by atoms with Gasteiger partial charge in [-0.05, 0) is 24.3 Å². The SMILES string of the molecule is O=C(Nc1ccccn1)c1cc(C(F)(F)F)nn1-c1ncccc1Cl. The van der Waals surface area contributed by atoms with E-state index in [1.54, 1.807) is 12.1 Å². The van der Waals surface area contributed by atoms with Crippen molar-refractivity contribution >= 4 is 23.3 Å². The number of nitrogens with zero attached hydrogens (tertiary/aromatic N) is 4. The van der Waals surface area contributed by atoms with Crippen LogP contribution in [0.5, 0.6) is 0 Å². The number of alkyl halides is 3. The number of pyridine rings is 2. The molecule has 0 radical (unpaired) electrons. The van der Waals surface area contributed by atoms with Crippen LogP contribution in [0.15, 0.2) is 48.8 Å². The fraction of sp³-hybridized carbons (Fsp3) is 0.0667. The van der Waals surface area contributed by atoms with Gasteiger partial charge in [0.2, 0.25) is 0 Å². The van der Waals surface area contributed by atoms with Gasteiger partial charge in [-0.25, -0.2) is 14.6 Å². The maximum atomic E-state index is 13.0. The first-order valence-electron chi connectivity index (χ1n) is 6.87. The zero-order valence-corrected chi connectivity index (χ0v) is 13.1. The van der Waals surface area contributed by atoms with Crippen molar-refractivity contribution in [1.29, 1.82) is 0 Å². The first-order chi connectivity index (χ1) is 11.9. The summed E-state index contributed by atoms with van der Waals surface area (Å²) in [5.41, 5.74) is -1.61. The van der Waals surface area contributed by atoms with E-state index in [0.29, 0.717) is 6.07 Å². The van der Waals surface area contributed by atoms with Crippen molar-refractivity contribution in [2.45, 2.75) is 6.18 Å². The van der Waals surface area contributed by atoms with Crippen molar-refractivity contribution in [2.75, 3.05) is 5.32 Å². The molecule has 0 aliphatic carbocycles. The Balaban J connectivity index is 2.07. The van der Waals surface area contributed by atoms with Crippen LogP contribution in [-0.4, -0.2) is 25.7 Å². The van der Waals surface area contributed by atoms with Crippen molar-refractivity contribution in [1.82, 2.24) is 19.7 Å². The average Bonchev–Trinajstić information content (AvgIpc) is 3.02. The smallest absolute Gasteiger partial charge is 0.305 e. The number of rotatable bonds is 3. The minimum atomic E-state index is -4.73. The molecule has 0 spiro atoms. The Morgan fingerprint density at radius 1 is 1.12 bits per heavy atom. The van der Waals surface area contributed by atoms with E-state index in [9.17, 15) is 18.0 Å². The fourth-order valence-electron chi connectivity index (χ4n) is 1.99. The lowest BCUT2D eigenvalue weighted by Crippen LogP contribution is -2.18. The third-order valence-corrected chi connectivity index (χ3v) is 3.37. The molecule has 0 saturated carbocycles. The average molecular weight is 368 g/mol. The van der Waals surface area contributed by atoms with Gasteiger partial charge < -0.3 is 5.32 Å². The third kappa shape index (κ3) is 3.61. The Hall–Kier alpha value is -2.94. The second-order valence-corrected chi connectivity index (χ2v) is 5.21. The number of nitrogens with one attached hydrogen (secondary N) is 1. The van der Waals surface area contributed by atoms with E-state index in [4.69, 9.17) is 11.6 Å². The Bertz CT molecular complexity index is 911. The first-order valence-corrected chi connectivity index (χ1v) is 7.24. The highest BCUT2D eigenvalue weighted by molar-refractivity contribution is 6.32. The quantitative estimate of drug-likeness (QED) is 0.768. The van der Waals surface area contributed by atoms with Crippen LogP contribution >= 0.6 is 11.6 Å². The van der Waals surface area contributed by atoms with Crippen LogP contribution in [0.3, 0.4) is 0 Å². The summed E-state index contributed by atoms with van der Waals surface area (Å²) in [5.74, 6) is -0.741. The van der Waals surface area contributed by atoms with E-state index >= 15 is 0 Å². The second-order valence-electron chi connectivity index (χ2n) is 4.80. The number of halogens is 4. The number of aromatic nitrogens is 4. The minimum Gasteiger partial charge on any atom is -0.305 e. The molecule has 6 nitrogen and oxygen atoms in total. The largest absolute Gasteiger partial charge is 0.435 e. The van der Waals surface area contributed by atoms with Gasteiger partial charge in [0.1, 0.15) is 11.5 Å². The monoisotopic (exact) mass is 367 g/mol. The van der Waals surface area contributed by atoms with E-state index in [0.717, 1.165) is 4.68 Å².